The van der Waals surface area contributed by atoms with Gasteiger partial charge in [-0.3, -0.25) is 18.9 Å². The first-order valence-electron chi connectivity index (χ1n) is 14.2. The molecule has 0 bridgehead atoms. The summed E-state index contributed by atoms with van der Waals surface area (Å²) in [4.78, 5) is 36.1. The molecule has 0 fully saturated rings. The molecule has 0 saturated carbocycles. The number of aromatic nitrogens is 3. The van der Waals surface area contributed by atoms with E-state index in [0.29, 0.717) is 27.9 Å². The van der Waals surface area contributed by atoms with Gasteiger partial charge in [-0.25, -0.2) is 27.2 Å². The Morgan fingerprint density at radius 2 is 1.63 bits per heavy atom. The quantitative estimate of drug-likeness (QED) is 0.220. The number of benzene rings is 3. The summed E-state index contributed by atoms with van der Waals surface area (Å²) in [7, 11) is -2.34. The van der Waals surface area contributed by atoms with Gasteiger partial charge in [0.15, 0.2) is 5.52 Å². The maximum Gasteiger partial charge on any atom is 0.280 e. The summed E-state index contributed by atoms with van der Waals surface area (Å²) < 4.78 is 62.8. The summed E-state index contributed by atoms with van der Waals surface area (Å²) in [6.45, 7) is 3.29. The molecule has 0 spiro atoms. The lowest BCUT2D eigenvalue weighted by atomic mass is 10.0. The van der Waals surface area contributed by atoms with E-state index in [1.807, 2.05) is 0 Å². The van der Waals surface area contributed by atoms with Gasteiger partial charge in [-0.2, -0.15) is 0 Å². The van der Waals surface area contributed by atoms with E-state index in [1.54, 1.807) is 37.3 Å². The number of halogens is 2. The van der Waals surface area contributed by atoms with Gasteiger partial charge >= 0.3 is 0 Å². The van der Waals surface area contributed by atoms with Crippen molar-refractivity contribution in [2.75, 3.05) is 17.5 Å². The number of aryl methyl sites for hydroxylation is 1. The Morgan fingerprint density at radius 3 is 2.28 bits per heavy atom. The second-order valence-corrected chi connectivity index (χ2v) is 12.5. The topological polar surface area (TPSA) is 136 Å². The SMILES string of the molecule is CCS(=O)(=O)Nc1cc2oc(-c3ccc(F)cc3)c(C(=O)NC)c2cc1-c1ccc2nc(C)n(Cc3ccc(F)cc3)c(=O)c2n1. The summed E-state index contributed by atoms with van der Waals surface area (Å²) in [6, 6.07) is 17.4. The summed E-state index contributed by atoms with van der Waals surface area (Å²) in [6.07, 6.45) is 0. The van der Waals surface area contributed by atoms with Gasteiger partial charge in [0.2, 0.25) is 10.0 Å². The van der Waals surface area contributed by atoms with Crippen LogP contribution in [0.4, 0.5) is 14.5 Å². The van der Waals surface area contributed by atoms with E-state index in [9.17, 15) is 26.8 Å². The van der Waals surface area contributed by atoms with Crippen LogP contribution in [0.1, 0.15) is 28.7 Å². The number of sulfonamides is 1. The van der Waals surface area contributed by atoms with E-state index in [2.05, 4.69) is 20.0 Å². The highest BCUT2D eigenvalue weighted by molar-refractivity contribution is 7.92. The van der Waals surface area contributed by atoms with Crippen LogP contribution < -0.4 is 15.6 Å². The Hall–Kier alpha value is -5.43. The third kappa shape index (κ3) is 5.72. The third-order valence-corrected chi connectivity index (χ3v) is 8.85. The van der Waals surface area contributed by atoms with Crippen molar-refractivity contribution < 1.29 is 26.4 Å². The molecule has 234 valence electrons. The summed E-state index contributed by atoms with van der Waals surface area (Å²) in [5.74, 6) is -0.995. The number of furan rings is 1. The van der Waals surface area contributed by atoms with Crippen LogP contribution in [0, 0.1) is 18.6 Å². The van der Waals surface area contributed by atoms with Crippen LogP contribution in [0.2, 0.25) is 0 Å². The van der Waals surface area contributed by atoms with Gasteiger partial charge in [-0.05, 0) is 74.0 Å². The number of nitrogens with zero attached hydrogens (tertiary/aromatic N) is 3. The summed E-state index contributed by atoms with van der Waals surface area (Å²) in [5, 5.41) is 2.93. The molecule has 0 aliphatic rings. The number of pyridine rings is 1. The Kier molecular flexibility index (Phi) is 7.86. The molecule has 0 aliphatic heterocycles. The molecule has 3 heterocycles. The first kappa shape index (κ1) is 30.6. The average molecular weight is 644 g/mol. The van der Waals surface area contributed by atoms with Crippen LogP contribution in [0.5, 0.6) is 0 Å². The molecule has 2 N–H and O–H groups in total. The number of fused-ring (bicyclic) bond motifs is 2. The van der Waals surface area contributed by atoms with Gasteiger partial charge in [0, 0.05) is 29.6 Å². The van der Waals surface area contributed by atoms with E-state index >= 15 is 0 Å². The molecule has 13 heteroatoms. The van der Waals surface area contributed by atoms with Crippen molar-refractivity contribution in [3.63, 3.8) is 0 Å². The number of hydrogen-bond donors (Lipinski definition) is 2. The van der Waals surface area contributed by atoms with Crippen molar-refractivity contribution in [1.82, 2.24) is 19.9 Å². The van der Waals surface area contributed by atoms with Crippen molar-refractivity contribution in [2.45, 2.75) is 20.4 Å². The van der Waals surface area contributed by atoms with Crippen molar-refractivity contribution in [3.8, 4) is 22.6 Å². The van der Waals surface area contributed by atoms with Crippen LogP contribution in [0.15, 0.2) is 82.0 Å². The van der Waals surface area contributed by atoms with Crippen molar-refractivity contribution in [2.24, 2.45) is 0 Å². The molecule has 0 saturated heterocycles. The molecule has 3 aromatic heterocycles. The lowest BCUT2D eigenvalue weighted by molar-refractivity contribution is 0.0964. The van der Waals surface area contributed by atoms with Crippen LogP contribution in [0.3, 0.4) is 0 Å². The fraction of sp³-hybridized carbons (Fsp3) is 0.152. The van der Waals surface area contributed by atoms with Gasteiger partial charge < -0.3 is 9.73 Å². The molecular weight excluding hydrogens is 616 g/mol. The predicted molar refractivity (Wildman–Crippen MR) is 171 cm³/mol. The van der Waals surface area contributed by atoms with Gasteiger partial charge in [0.05, 0.1) is 34.8 Å². The second-order valence-electron chi connectivity index (χ2n) is 10.5. The van der Waals surface area contributed by atoms with E-state index < -0.39 is 33.1 Å². The number of amides is 1. The highest BCUT2D eigenvalue weighted by Crippen LogP contribution is 2.40. The molecule has 6 rings (SSSR count). The van der Waals surface area contributed by atoms with Gasteiger partial charge in [0.25, 0.3) is 11.5 Å². The smallest absolute Gasteiger partial charge is 0.280 e. The number of hydrogen-bond acceptors (Lipinski definition) is 7. The Labute approximate surface area is 261 Å². The van der Waals surface area contributed by atoms with Crippen LogP contribution in [0.25, 0.3) is 44.6 Å². The van der Waals surface area contributed by atoms with Gasteiger partial charge in [-0.1, -0.05) is 12.1 Å². The molecule has 46 heavy (non-hydrogen) atoms. The molecule has 0 aliphatic carbocycles. The molecule has 3 aromatic carbocycles. The van der Waals surface area contributed by atoms with Crippen molar-refractivity contribution >= 4 is 43.6 Å². The minimum absolute atomic E-state index is 0.0281. The standard InChI is InChI=1S/C33H27F2N5O5S/c1-4-46(43,44)39-27-16-28-24(29(32(41)36-3)31(45-28)20-7-11-22(35)12-8-20)15-23(27)25-13-14-26-30(38-25)33(42)40(18(2)37-26)17-19-5-9-21(34)10-6-19/h5-16,39H,4,17H2,1-3H3,(H,36,41). The molecule has 0 radical (unpaired) electrons. The lowest BCUT2D eigenvalue weighted by Gasteiger charge is -2.14. The zero-order valence-electron chi connectivity index (χ0n) is 24.9. The van der Waals surface area contributed by atoms with Crippen molar-refractivity contribution in [3.05, 3.63) is 112 Å². The average Bonchev–Trinajstić information content (AvgIpc) is 3.41. The molecule has 0 atom stereocenters. The van der Waals surface area contributed by atoms with E-state index in [-0.39, 0.29) is 51.7 Å². The number of nitrogens with one attached hydrogen (secondary N) is 2. The minimum atomic E-state index is -3.80. The predicted octanol–water partition coefficient (Wildman–Crippen LogP) is 5.63. The zero-order chi connectivity index (χ0) is 32.7. The molecule has 0 unspecified atom stereocenters. The molecule has 1 amide bonds. The number of carbonyl (C=O) groups is 1. The highest BCUT2D eigenvalue weighted by Gasteiger charge is 2.25. The fourth-order valence-electron chi connectivity index (χ4n) is 5.15. The largest absolute Gasteiger partial charge is 0.455 e. The number of carbonyl (C=O) groups excluding carboxylic acids is 1. The Bertz CT molecular complexity index is 2320. The molecular formula is C33H27F2N5O5S. The number of anilines is 1. The maximum atomic E-state index is 13.7. The normalized spacial score (nSPS) is 11.7. The minimum Gasteiger partial charge on any atom is -0.455 e. The van der Waals surface area contributed by atoms with Gasteiger partial charge in [0.1, 0.15) is 28.8 Å². The second kappa shape index (κ2) is 11.8. The first-order valence-corrected chi connectivity index (χ1v) is 15.8. The first-order chi connectivity index (χ1) is 22.0. The maximum absolute atomic E-state index is 13.7. The van der Waals surface area contributed by atoms with E-state index in [0.717, 1.165) is 0 Å². The van der Waals surface area contributed by atoms with E-state index in [4.69, 9.17) is 4.42 Å². The molecule has 10 nitrogen and oxygen atoms in total. The Morgan fingerprint density at radius 1 is 0.957 bits per heavy atom. The van der Waals surface area contributed by atoms with Crippen molar-refractivity contribution in [1.29, 1.82) is 0 Å². The molecule has 6 aromatic rings. The third-order valence-electron chi connectivity index (χ3n) is 7.56. The summed E-state index contributed by atoms with van der Waals surface area (Å²) >= 11 is 0. The zero-order valence-corrected chi connectivity index (χ0v) is 25.7. The van der Waals surface area contributed by atoms with Crippen LogP contribution in [-0.4, -0.2) is 41.7 Å². The van der Waals surface area contributed by atoms with Crippen LogP contribution in [-0.2, 0) is 16.6 Å². The van der Waals surface area contributed by atoms with E-state index in [1.165, 1.54) is 61.0 Å². The monoisotopic (exact) mass is 643 g/mol. The van der Waals surface area contributed by atoms with Crippen LogP contribution >= 0.6 is 0 Å². The highest BCUT2D eigenvalue weighted by atomic mass is 32.2. The van der Waals surface area contributed by atoms with Gasteiger partial charge in [-0.15, -0.1) is 0 Å². The Balaban J connectivity index is 1.58. The fourth-order valence-corrected chi connectivity index (χ4v) is 5.80. The lowest BCUT2D eigenvalue weighted by Crippen LogP contribution is -2.25. The summed E-state index contributed by atoms with van der Waals surface area (Å²) in [5.41, 5.74) is 1.97. The number of rotatable bonds is 8.